The minimum atomic E-state index is -1.37. The van der Waals surface area contributed by atoms with E-state index < -0.39 is 5.60 Å². The number of hydrogen-bond acceptors (Lipinski definition) is 5. The maximum atomic E-state index is 12.0. The Morgan fingerprint density at radius 2 is 1.52 bits per heavy atom. The molecule has 0 spiro atoms. The number of benzene rings is 2. The summed E-state index contributed by atoms with van der Waals surface area (Å²) in [5.74, 6) is 2.20. The molecule has 0 radical (unpaired) electrons. The quantitative estimate of drug-likeness (QED) is 0.378. The molecule has 0 bridgehead atoms. The van der Waals surface area contributed by atoms with Crippen molar-refractivity contribution in [2.45, 2.75) is 37.6 Å². The summed E-state index contributed by atoms with van der Waals surface area (Å²) in [7, 11) is 0. The average Bonchev–Trinajstić information content (AvgIpc) is 3.64. The van der Waals surface area contributed by atoms with Crippen LogP contribution in [0.2, 0.25) is 0 Å². The lowest BCUT2D eigenvalue weighted by Gasteiger charge is -2.27. The van der Waals surface area contributed by atoms with E-state index in [0.29, 0.717) is 18.8 Å². The lowest BCUT2D eigenvalue weighted by Crippen LogP contribution is -2.31. The lowest BCUT2D eigenvalue weighted by molar-refractivity contribution is 0.0606. The number of aliphatic hydroxyl groups is 1. The van der Waals surface area contributed by atoms with E-state index in [0.717, 1.165) is 48.6 Å². The first-order valence-electron chi connectivity index (χ1n) is 11.5. The van der Waals surface area contributed by atoms with E-state index in [9.17, 15) is 5.11 Å². The van der Waals surface area contributed by atoms with Crippen molar-refractivity contribution in [1.29, 1.82) is 0 Å². The van der Waals surface area contributed by atoms with Gasteiger partial charge in [0, 0.05) is 13.2 Å². The molecule has 5 heteroatoms. The van der Waals surface area contributed by atoms with Gasteiger partial charge >= 0.3 is 0 Å². The first-order chi connectivity index (χ1) is 16.2. The van der Waals surface area contributed by atoms with E-state index >= 15 is 0 Å². The summed E-state index contributed by atoms with van der Waals surface area (Å²) in [5.41, 5.74) is 0.161. The molecule has 2 aromatic carbocycles. The molecule has 1 atom stereocenters. The van der Waals surface area contributed by atoms with Gasteiger partial charge in [0.05, 0.1) is 25.5 Å². The summed E-state index contributed by atoms with van der Waals surface area (Å²) < 4.78 is 17.8. The third-order valence-electron chi connectivity index (χ3n) is 6.23. The van der Waals surface area contributed by atoms with Crippen LogP contribution in [0.15, 0.2) is 100 Å². The second-order valence-electron chi connectivity index (χ2n) is 8.59. The normalized spacial score (nSPS) is 16.5. The van der Waals surface area contributed by atoms with E-state index in [2.05, 4.69) is 4.90 Å². The van der Waals surface area contributed by atoms with Crippen molar-refractivity contribution in [3.8, 4) is 0 Å². The molecule has 33 heavy (non-hydrogen) atoms. The molecule has 1 aliphatic rings. The van der Waals surface area contributed by atoms with Gasteiger partial charge in [-0.15, -0.1) is 0 Å². The lowest BCUT2D eigenvalue weighted by atomic mass is 9.84. The molecule has 1 N–H and O–H groups in total. The van der Waals surface area contributed by atoms with Crippen LogP contribution in [0, 0.1) is 0 Å². The highest BCUT2D eigenvalue weighted by Gasteiger charge is 2.37. The molecule has 1 aliphatic heterocycles. The molecule has 2 aromatic heterocycles. The van der Waals surface area contributed by atoms with Crippen LogP contribution in [0.1, 0.15) is 41.2 Å². The van der Waals surface area contributed by atoms with E-state index in [-0.39, 0.29) is 6.10 Å². The minimum absolute atomic E-state index is 0.222. The molecule has 1 fully saturated rings. The standard InChI is InChI=1S/C28H29NO4/c30-28(22-9-3-1-4-10-22,23-11-5-2-6-12-23)27-16-15-26(33-27)21-29(19-24-13-7-17-31-24)20-25-14-8-18-32-25/h1-7,9-13,15-17,25,30H,8,14,18-21H2. The molecule has 1 unspecified atom stereocenters. The Labute approximate surface area is 194 Å². The summed E-state index contributed by atoms with van der Waals surface area (Å²) in [6.07, 6.45) is 4.09. The van der Waals surface area contributed by atoms with Gasteiger partial charge in [0.2, 0.25) is 0 Å². The highest BCUT2D eigenvalue weighted by atomic mass is 16.5. The van der Waals surface area contributed by atoms with Crippen LogP contribution in [0.25, 0.3) is 0 Å². The zero-order valence-corrected chi connectivity index (χ0v) is 18.6. The Kier molecular flexibility index (Phi) is 6.44. The van der Waals surface area contributed by atoms with Crippen LogP contribution < -0.4 is 0 Å². The zero-order valence-electron chi connectivity index (χ0n) is 18.6. The third kappa shape index (κ3) is 4.81. The Morgan fingerprint density at radius 3 is 2.12 bits per heavy atom. The topological polar surface area (TPSA) is 59.0 Å². The van der Waals surface area contributed by atoms with Gasteiger partial charge in [-0.05, 0) is 48.2 Å². The molecule has 4 aromatic rings. The molecule has 1 saturated heterocycles. The third-order valence-corrected chi connectivity index (χ3v) is 6.23. The highest BCUT2D eigenvalue weighted by Crippen LogP contribution is 2.37. The van der Waals surface area contributed by atoms with E-state index in [1.165, 1.54) is 0 Å². The smallest absolute Gasteiger partial charge is 0.173 e. The molecule has 3 heterocycles. The zero-order chi connectivity index (χ0) is 22.5. The van der Waals surface area contributed by atoms with Crippen molar-refractivity contribution in [3.63, 3.8) is 0 Å². The number of rotatable bonds is 9. The second-order valence-corrected chi connectivity index (χ2v) is 8.59. The highest BCUT2D eigenvalue weighted by molar-refractivity contribution is 5.43. The molecule has 5 rings (SSSR count). The van der Waals surface area contributed by atoms with Crippen LogP contribution in [0.3, 0.4) is 0 Å². The van der Waals surface area contributed by atoms with Crippen LogP contribution in [0.5, 0.6) is 0 Å². The van der Waals surface area contributed by atoms with Crippen molar-refractivity contribution >= 4 is 0 Å². The number of furan rings is 2. The number of ether oxygens (including phenoxy) is 1. The summed E-state index contributed by atoms with van der Waals surface area (Å²) >= 11 is 0. The fraction of sp³-hybridized carbons (Fsp3) is 0.286. The van der Waals surface area contributed by atoms with E-state index in [1.54, 1.807) is 6.26 Å². The minimum Gasteiger partial charge on any atom is -0.468 e. The van der Waals surface area contributed by atoms with Crippen LogP contribution >= 0.6 is 0 Å². The Morgan fingerprint density at radius 1 is 0.818 bits per heavy atom. The predicted octanol–water partition coefficient (Wildman–Crippen LogP) is 5.34. The molecule has 0 saturated carbocycles. The predicted molar refractivity (Wildman–Crippen MR) is 125 cm³/mol. The Hall–Kier alpha value is -3.12. The molecule has 170 valence electrons. The van der Waals surface area contributed by atoms with Gasteiger partial charge in [-0.25, -0.2) is 0 Å². The summed E-state index contributed by atoms with van der Waals surface area (Å²) in [6, 6.07) is 27.0. The summed E-state index contributed by atoms with van der Waals surface area (Å²) in [4.78, 5) is 2.28. The average molecular weight is 444 g/mol. The van der Waals surface area contributed by atoms with Crippen LogP contribution in [-0.2, 0) is 23.4 Å². The SMILES string of the molecule is OC(c1ccccc1)(c1ccccc1)c1ccc(CN(Cc2ccco2)CC2CCCO2)o1. The maximum Gasteiger partial charge on any atom is 0.173 e. The Bertz CT molecular complexity index is 1080. The van der Waals surface area contributed by atoms with Crippen molar-refractivity contribution < 1.29 is 18.7 Å². The molecule has 0 aliphatic carbocycles. The maximum absolute atomic E-state index is 12.0. The largest absolute Gasteiger partial charge is 0.468 e. The van der Waals surface area contributed by atoms with E-state index in [1.807, 2.05) is 84.9 Å². The van der Waals surface area contributed by atoms with Gasteiger partial charge in [-0.2, -0.15) is 0 Å². The van der Waals surface area contributed by atoms with Gasteiger partial charge in [0.25, 0.3) is 0 Å². The van der Waals surface area contributed by atoms with Crippen LogP contribution in [0.4, 0.5) is 0 Å². The van der Waals surface area contributed by atoms with Gasteiger partial charge in [0.1, 0.15) is 17.3 Å². The summed E-state index contributed by atoms with van der Waals surface area (Å²) in [6.45, 7) is 2.90. The van der Waals surface area contributed by atoms with Gasteiger partial charge < -0.3 is 18.7 Å². The number of nitrogens with zero attached hydrogens (tertiary/aromatic N) is 1. The van der Waals surface area contributed by atoms with E-state index in [4.69, 9.17) is 13.6 Å². The van der Waals surface area contributed by atoms with Gasteiger partial charge in [0.15, 0.2) is 5.60 Å². The Balaban J connectivity index is 1.43. The van der Waals surface area contributed by atoms with Gasteiger partial charge in [-0.1, -0.05) is 60.7 Å². The molecule has 5 nitrogen and oxygen atoms in total. The van der Waals surface area contributed by atoms with Crippen molar-refractivity contribution in [2.75, 3.05) is 13.2 Å². The van der Waals surface area contributed by atoms with Crippen molar-refractivity contribution in [2.24, 2.45) is 0 Å². The second kappa shape index (κ2) is 9.79. The first-order valence-corrected chi connectivity index (χ1v) is 11.5. The molecular formula is C28H29NO4. The number of hydrogen-bond donors (Lipinski definition) is 1. The fourth-order valence-corrected chi connectivity index (χ4v) is 4.57. The molecule has 0 amide bonds. The molecular weight excluding hydrogens is 414 g/mol. The van der Waals surface area contributed by atoms with Gasteiger partial charge in [-0.3, -0.25) is 4.90 Å². The summed E-state index contributed by atoms with van der Waals surface area (Å²) in [5, 5.41) is 12.0. The van der Waals surface area contributed by atoms with Crippen molar-refractivity contribution in [3.05, 3.63) is 120 Å². The van der Waals surface area contributed by atoms with Crippen LogP contribution in [-0.4, -0.2) is 29.3 Å². The fourth-order valence-electron chi connectivity index (χ4n) is 4.57. The first kappa shape index (κ1) is 21.7. The van der Waals surface area contributed by atoms with Crippen molar-refractivity contribution in [1.82, 2.24) is 4.90 Å². The monoisotopic (exact) mass is 443 g/mol.